The molecular formula is C40H74N2O3. The van der Waals surface area contributed by atoms with Crippen LogP contribution in [0.15, 0.2) is 24.3 Å². The molecule has 0 aromatic heterocycles. The van der Waals surface area contributed by atoms with Crippen LogP contribution in [0, 0.1) is 0 Å². The summed E-state index contributed by atoms with van der Waals surface area (Å²) in [5, 5.41) is 0. The van der Waals surface area contributed by atoms with E-state index < -0.39 is 0 Å². The minimum Gasteiger partial charge on any atom is -0.473 e. The largest absolute Gasteiger partial charge is 0.473 e. The second kappa shape index (κ2) is 27.8. The average Bonchev–Trinajstić information content (AvgIpc) is 3.12. The van der Waals surface area contributed by atoms with Gasteiger partial charge in [-0.05, 0) is 51.2 Å². The fourth-order valence-corrected chi connectivity index (χ4v) is 6.38. The Balaban J connectivity index is 1.62. The Morgan fingerprint density at radius 2 is 0.711 bits per heavy atom. The molecule has 1 aromatic rings. The second-order valence-electron chi connectivity index (χ2n) is 13.9. The topological polar surface area (TPSA) is 34.2 Å². The molecule has 5 nitrogen and oxygen atoms in total. The van der Waals surface area contributed by atoms with Gasteiger partial charge in [0.05, 0.1) is 13.2 Å². The van der Waals surface area contributed by atoms with Crippen LogP contribution in [-0.4, -0.2) is 62.7 Å². The first-order chi connectivity index (χ1) is 22.1. The van der Waals surface area contributed by atoms with Gasteiger partial charge >= 0.3 is 0 Å². The van der Waals surface area contributed by atoms with Crippen LogP contribution in [0.3, 0.4) is 0 Å². The van der Waals surface area contributed by atoms with Gasteiger partial charge in [0.25, 0.3) is 0 Å². The molecule has 0 amide bonds. The highest BCUT2D eigenvalue weighted by Crippen LogP contribution is 2.23. The van der Waals surface area contributed by atoms with Crippen LogP contribution in [0.2, 0.25) is 0 Å². The van der Waals surface area contributed by atoms with Crippen molar-refractivity contribution in [2.45, 2.75) is 180 Å². The molecule has 0 spiro atoms. The van der Waals surface area contributed by atoms with E-state index in [2.05, 4.69) is 37.7 Å². The molecule has 0 fully saturated rings. The highest BCUT2D eigenvalue weighted by atomic mass is 16.6. The number of rotatable bonds is 28. The van der Waals surface area contributed by atoms with Gasteiger partial charge in [0.2, 0.25) is 0 Å². The van der Waals surface area contributed by atoms with E-state index in [1.54, 1.807) is 0 Å². The van der Waals surface area contributed by atoms with Crippen LogP contribution in [0.5, 0.6) is 11.5 Å². The van der Waals surface area contributed by atoms with Gasteiger partial charge < -0.3 is 14.2 Å². The molecule has 2 bridgehead atoms. The molecule has 262 valence electrons. The number of unbranched alkanes of at least 4 members (excludes halogenated alkanes) is 22. The van der Waals surface area contributed by atoms with Gasteiger partial charge in [0, 0.05) is 13.1 Å². The van der Waals surface area contributed by atoms with Gasteiger partial charge in [-0.25, -0.2) is 0 Å². The van der Waals surface area contributed by atoms with Crippen LogP contribution in [-0.2, 0) is 4.74 Å². The molecule has 2 atom stereocenters. The molecule has 45 heavy (non-hydrogen) atoms. The molecule has 0 radical (unpaired) electrons. The highest BCUT2D eigenvalue weighted by Gasteiger charge is 2.22. The summed E-state index contributed by atoms with van der Waals surface area (Å²) in [5.41, 5.74) is 0. The van der Waals surface area contributed by atoms with Gasteiger partial charge in [-0.2, -0.15) is 0 Å². The molecule has 0 aliphatic carbocycles. The average molecular weight is 631 g/mol. The van der Waals surface area contributed by atoms with E-state index >= 15 is 0 Å². The van der Waals surface area contributed by atoms with Crippen molar-refractivity contribution >= 4 is 0 Å². The number of hydrogen-bond donors (Lipinski definition) is 0. The van der Waals surface area contributed by atoms with E-state index in [-0.39, 0.29) is 12.5 Å². The third kappa shape index (κ3) is 20.5. The Morgan fingerprint density at radius 1 is 0.444 bits per heavy atom. The first kappa shape index (κ1) is 39.9. The number of nitrogens with zero attached hydrogens (tertiary/aromatic N) is 2. The van der Waals surface area contributed by atoms with Crippen molar-refractivity contribution in [3.8, 4) is 11.5 Å². The predicted molar refractivity (Wildman–Crippen MR) is 194 cm³/mol. The second-order valence-corrected chi connectivity index (χ2v) is 13.9. The lowest BCUT2D eigenvalue weighted by molar-refractivity contribution is -0.0741. The smallest absolute Gasteiger partial charge is 0.175 e. The quantitative estimate of drug-likeness (QED) is 0.0680. The fourth-order valence-electron chi connectivity index (χ4n) is 6.38. The zero-order valence-electron chi connectivity index (χ0n) is 30.4. The van der Waals surface area contributed by atoms with Crippen molar-refractivity contribution in [3.05, 3.63) is 24.3 Å². The summed E-state index contributed by atoms with van der Waals surface area (Å²) in [6, 6.07) is 8.14. The molecule has 5 heteroatoms. The van der Waals surface area contributed by atoms with Crippen molar-refractivity contribution in [3.63, 3.8) is 0 Å². The summed E-state index contributed by atoms with van der Waals surface area (Å²) < 4.78 is 19.1. The first-order valence-electron chi connectivity index (χ1n) is 19.6. The molecule has 2 aliphatic rings. The fraction of sp³-hybridized carbons (Fsp3) is 0.850. The van der Waals surface area contributed by atoms with Crippen LogP contribution in [0.25, 0.3) is 0 Å². The zero-order chi connectivity index (χ0) is 32.2. The summed E-state index contributed by atoms with van der Waals surface area (Å²) in [5.74, 6) is 1.75. The highest BCUT2D eigenvalue weighted by molar-refractivity contribution is 5.31. The standard InChI is InChI=1S/C40H74N2O3/c1-5-7-9-11-13-15-17-19-21-23-25-27-33-41(3)39-35-43-36-40(45-38-31-29-37(44-39)30-32-38)42(4)34-28-26-24-22-20-18-16-14-12-10-8-6-2/h29-32,39-40H,5-28,33-36H2,1-4H3. The Hall–Kier alpha value is -1.30. The van der Waals surface area contributed by atoms with Gasteiger partial charge in [0.15, 0.2) is 12.5 Å². The maximum absolute atomic E-state index is 6.39. The third-order valence-corrected chi connectivity index (χ3v) is 9.60. The zero-order valence-corrected chi connectivity index (χ0v) is 30.4. The monoisotopic (exact) mass is 631 g/mol. The maximum atomic E-state index is 6.39. The van der Waals surface area contributed by atoms with Gasteiger partial charge in [-0.3, -0.25) is 9.80 Å². The van der Waals surface area contributed by atoms with Crippen LogP contribution < -0.4 is 9.47 Å². The number of fused-ring (bicyclic) bond motifs is 8. The number of ether oxygens (including phenoxy) is 3. The van der Waals surface area contributed by atoms with E-state index in [9.17, 15) is 0 Å². The van der Waals surface area contributed by atoms with Crippen molar-refractivity contribution in [2.75, 3.05) is 40.4 Å². The van der Waals surface area contributed by atoms with Crippen molar-refractivity contribution < 1.29 is 14.2 Å². The Morgan fingerprint density at radius 3 is 1.00 bits per heavy atom. The molecule has 0 N–H and O–H groups in total. The van der Waals surface area contributed by atoms with E-state index in [1.165, 1.54) is 154 Å². The van der Waals surface area contributed by atoms with Crippen LogP contribution in [0.1, 0.15) is 168 Å². The molecule has 1 aromatic carbocycles. The van der Waals surface area contributed by atoms with Crippen LogP contribution >= 0.6 is 0 Å². The van der Waals surface area contributed by atoms with E-state index in [0.29, 0.717) is 13.2 Å². The van der Waals surface area contributed by atoms with Crippen molar-refractivity contribution in [1.82, 2.24) is 9.80 Å². The first-order valence-corrected chi connectivity index (χ1v) is 19.6. The summed E-state index contributed by atoms with van der Waals surface area (Å²) in [4.78, 5) is 4.66. The van der Waals surface area contributed by atoms with Gasteiger partial charge in [-0.15, -0.1) is 0 Å². The number of likely N-dealkylation sites (N-methyl/N-ethyl adjacent to an activating group) is 2. The van der Waals surface area contributed by atoms with E-state index in [0.717, 1.165) is 24.6 Å². The molecule has 0 saturated heterocycles. The lowest BCUT2D eigenvalue weighted by Gasteiger charge is -2.30. The molecule has 0 saturated carbocycles. The minimum absolute atomic E-state index is 0.0936. The summed E-state index contributed by atoms with van der Waals surface area (Å²) in [6.45, 7) is 7.73. The van der Waals surface area contributed by atoms with E-state index in [1.807, 2.05) is 24.3 Å². The normalized spacial score (nSPS) is 17.0. The van der Waals surface area contributed by atoms with Crippen molar-refractivity contribution in [1.29, 1.82) is 0 Å². The molecular weight excluding hydrogens is 556 g/mol. The summed E-state index contributed by atoms with van der Waals surface area (Å²) >= 11 is 0. The number of hydrogen-bond acceptors (Lipinski definition) is 5. The van der Waals surface area contributed by atoms with Gasteiger partial charge in [0.1, 0.15) is 11.5 Å². The Kier molecular flexibility index (Phi) is 24.6. The lowest BCUT2D eigenvalue weighted by atomic mass is 10.1. The molecule has 3 rings (SSSR count). The Bertz CT molecular complexity index is 710. The summed E-state index contributed by atoms with van der Waals surface area (Å²) in [7, 11) is 4.35. The lowest BCUT2D eigenvalue weighted by Crippen LogP contribution is -2.44. The van der Waals surface area contributed by atoms with Crippen LogP contribution in [0.4, 0.5) is 0 Å². The molecule has 2 aliphatic heterocycles. The number of benzene rings is 1. The molecule has 2 unspecified atom stereocenters. The predicted octanol–water partition coefficient (Wildman–Crippen LogP) is 11.4. The van der Waals surface area contributed by atoms with Gasteiger partial charge in [-0.1, -0.05) is 155 Å². The van der Waals surface area contributed by atoms with Crippen molar-refractivity contribution in [2.24, 2.45) is 0 Å². The third-order valence-electron chi connectivity index (χ3n) is 9.60. The maximum Gasteiger partial charge on any atom is 0.175 e. The molecule has 2 heterocycles. The Labute approximate surface area is 280 Å². The SMILES string of the molecule is CCCCCCCCCCCCCCN(C)C1COCC(N(C)CCCCCCCCCCCCCC)Oc2ccc(cc2)O1. The summed E-state index contributed by atoms with van der Waals surface area (Å²) in [6.07, 6.45) is 32.8. The van der Waals surface area contributed by atoms with E-state index in [4.69, 9.17) is 14.2 Å². The minimum atomic E-state index is -0.0936.